The molecule has 0 aliphatic heterocycles. The largest absolute Gasteiger partial charge is 0.352 e. The van der Waals surface area contributed by atoms with Crippen LogP contribution < -0.4 is 11.1 Å². The topological polar surface area (TPSA) is 55.1 Å². The molecule has 3 heteroatoms. The Morgan fingerprint density at radius 2 is 2.00 bits per heavy atom. The summed E-state index contributed by atoms with van der Waals surface area (Å²) in [6.07, 6.45) is 6.85. The highest BCUT2D eigenvalue weighted by Gasteiger charge is 2.53. The van der Waals surface area contributed by atoms with E-state index in [-0.39, 0.29) is 12.5 Å². The van der Waals surface area contributed by atoms with Gasteiger partial charge in [0, 0.05) is 6.04 Å². The molecule has 15 heavy (non-hydrogen) atoms. The van der Waals surface area contributed by atoms with Crippen LogP contribution in [0.4, 0.5) is 0 Å². The third-order valence-corrected chi connectivity index (χ3v) is 4.96. The minimum absolute atomic E-state index is 0.0297. The molecule has 3 aliphatic carbocycles. The van der Waals surface area contributed by atoms with Gasteiger partial charge in [0.25, 0.3) is 0 Å². The zero-order chi connectivity index (χ0) is 10.4. The number of rotatable bonds is 2. The van der Waals surface area contributed by atoms with Crippen LogP contribution in [-0.4, -0.2) is 18.5 Å². The van der Waals surface area contributed by atoms with Crippen LogP contribution >= 0.6 is 0 Å². The molecule has 3 fully saturated rings. The number of hydrogen-bond acceptors (Lipinski definition) is 2. The quantitative estimate of drug-likeness (QED) is 0.708. The zero-order valence-electron chi connectivity index (χ0n) is 9.11. The van der Waals surface area contributed by atoms with Crippen molar-refractivity contribution in [3.8, 4) is 0 Å². The second-order valence-electron chi connectivity index (χ2n) is 5.53. The lowest BCUT2D eigenvalue weighted by atomic mass is 9.79. The number of nitrogens with one attached hydrogen (secondary N) is 1. The van der Waals surface area contributed by atoms with Gasteiger partial charge in [-0.25, -0.2) is 0 Å². The minimum atomic E-state index is 0.0297. The van der Waals surface area contributed by atoms with Gasteiger partial charge in [-0.3, -0.25) is 4.79 Å². The van der Waals surface area contributed by atoms with Gasteiger partial charge in [-0.2, -0.15) is 0 Å². The van der Waals surface area contributed by atoms with Crippen molar-refractivity contribution in [2.24, 2.45) is 29.4 Å². The van der Waals surface area contributed by atoms with Crippen LogP contribution in [0.3, 0.4) is 0 Å². The van der Waals surface area contributed by atoms with Gasteiger partial charge >= 0.3 is 0 Å². The van der Waals surface area contributed by atoms with Crippen LogP contribution in [0.2, 0.25) is 0 Å². The van der Waals surface area contributed by atoms with E-state index in [1.807, 2.05) is 0 Å². The molecule has 0 aromatic heterocycles. The van der Waals surface area contributed by atoms with Crippen molar-refractivity contribution in [3.63, 3.8) is 0 Å². The average Bonchev–Trinajstić information content (AvgIpc) is 2.87. The van der Waals surface area contributed by atoms with Gasteiger partial charge in [-0.15, -0.1) is 0 Å². The van der Waals surface area contributed by atoms with Crippen LogP contribution in [-0.2, 0) is 4.79 Å². The summed E-state index contributed by atoms with van der Waals surface area (Å²) in [6.45, 7) is 0.141. The summed E-state index contributed by atoms with van der Waals surface area (Å²) in [5.74, 6) is 3.64. The molecule has 0 saturated heterocycles. The minimum Gasteiger partial charge on any atom is -0.352 e. The van der Waals surface area contributed by atoms with Crippen molar-refractivity contribution in [1.29, 1.82) is 0 Å². The first-order chi connectivity index (χ1) is 7.29. The normalized spacial score (nSPS) is 46.9. The molecule has 3 N–H and O–H groups in total. The molecule has 0 heterocycles. The second-order valence-corrected chi connectivity index (χ2v) is 5.53. The first-order valence-corrected chi connectivity index (χ1v) is 6.29. The molecule has 0 radical (unpaired) electrons. The fourth-order valence-corrected chi connectivity index (χ4v) is 4.50. The molecular weight excluding hydrogens is 188 g/mol. The van der Waals surface area contributed by atoms with Gasteiger partial charge in [0.1, 0.15) is 0 Å². The Hall–Kier alpha value is -0.570. The lowest BCUT2D eigenvalue weighted by Gasteiger charge is -2.31. The first kappa shape index (κ1) is 9.64. The average molecular weight is 208 g/mol. The Morgan fingerprint density at radius 3 is 2.80 bits per heavy atom. The standard InChI is InChI=1S/C12H20N2O/c13-6-12(15)14-11-5-7-4-10(11)9-3-1-2-8(7)9/h7-11H,1-6,13H2,(H,14,15). The molecule has 3 aliphatic rings. The highest BCUT2D eigenvalue weighted by atomic mass is 16.1. The second kappa shape index (κ2) is 3.48. The number of carbonyl (C=O) groups is 1. The fraction of sp³-hybridized carbons (Fsp3) is 0.917. The van der Waals surface area contributed by atoms with Crippen LogP contribution in [0.5, 0.6) is 0 Å². The highest BCUT2D eigenvalue weighted by molar-refractivity contribution is 5.78. The van der Waals surface area contributed by atoms with E-state index in [9.17, 15) is 4.79 Å². The molecule has 1 amide bonds. The Labute approximate surface area is 90.8 Å². The number of carbonyl (C=O) groups excluding carboxylic acids is 1. The summed E-state index contributed by atoms with van der Waals surface area (Å²) in [7, 11) is 0. The molecule has 5 unspecified atom stereocenters. The third-order valence-electron chi connectivity index (χ3n) is 4.96. The first-order valence-electron chi connectivity index (χ1n) is 6.29. The van der Waals surface area contributed by atoms with E-state index in [4.69, 9.17) is 5.73 Å². The molecule has 0 aromatic rings. The molecule has 0 spiro atoms. The predicted octanol–water partition coefficient (Wildman–Crippen LogP) is 0.886. The summed E-state index contributed by atoms with van der Waals surface area (Å²) in [5.41, 5.74) is 5.34. The zero-order valence-corrected chi connectivity index (χ0v) is 9.11. The van der Waals surface area contributed by atoms with Crippen molar-refractivity contribution in [2.75, 3.05) is 6.54 Å². The smallest absolute Gasteiger partial charge is 0.233 e. The van der Waals surface area contributed by atoms with Gasteiger partial charge in [-0.1, -0.05) is 6.42 Å². The maximum atomic E-state index is 11.3. The predicted molar refractivity (Wildman–Crippen MR) is 58.0 cm³/mol. The molecule has 3 nitrogen and oxygen atoms in total. The molecule has 5 atom stereocenters. The highest BCUT2D eigenvalue weighted by Crippen LogP contribution is 2.58. The fourth-order valence-electron chi connectivity index (χ4n) is 4.50. The summed E-state index contributed by atoms with van der Waals surface area (Å²) in [6, 6.07) is 0.449. The van der Waals surface area contributed by atoms with Crippen LogP contribution in [0.25, 0.3) is 0 Å². The van der Waals surface area contributed by atoms with Crippen molar-refractivity contribution in [1.82, 2.24) is 5.32 Å². The van der Waals surface area contributed by atoms with Crippen LogP contribution in [0.15, 0.2) is 0 Å². The van der Waals surface area contributed by atoms with Gasteiger partial charge in [0.15, 0.2) is 0 Å². The van der Waals surface area contributed by atoms with E-state index in [0.29, 0.717) is 6.04 Å². The maximum Gasteiger partial charge on any atom is 0.233 e. The maximum absolute atomic E-state index is 11.3. The van der Waals surface area contributed by atoms with Crippen molar-refractivity contribution in [2.45, 2.75) is 38.1 Å². The van der Waals surface area contributed by atoms with Gasteiger partial charge in [0.05, 0.1) is 6.54 Å². The van der Waals surface area contributed by atoms with Crippen LogP contribution in [0.1, 0.15) is 32.1 Å². The van der Waals surface area contributed by atoms with Crippen molar-refractivity contribution in [3.05, 3.63) is 0 Å². The Balaban J connectivity index is 1.68. The van der Waals surface area contributed by atoms with E-state index in [0.717, 1.165) is 23.7 Å². The SMILES string of the molecule is NCC(=O)NC1CC2CC1C1CCCC21. The monoisotopic (exact) mass is 208 g/mol. The molecular formula is C12H20N2O. The summed E-state index contributed by atoms with van der Waals surface area (Å²) >= 11 is 0. The van der Waals surface area contributed by atoms with Gasteiger partial charge < -0.3 is 11.1 Å². The Kier molecular flexibility index (Phi) is 2.23. The lowest BCUT2D eigenvalue weighted by Crippen LogP contribution is -2.44. The Morgan fingerprint density at radius 1 is 1.20 bits per heavy atom. The van der Waals surface area contributed by atoms with E-state index < -0.39 is 0 Å². The van der Waals surface area contributed by atoms with E-state index in [1.54, 1.807) is 0 Å². The lowest BCUT2D eigenvalue weighted by molar-refractivity contribution is -0.120. The number of fused-ring (bicyclic) bond motifs is 5. The summed E-state index contributed by atoms with van der Waals surface area (Å²) in [4.78, 5) is 11.3. The molecule has 2 bridgehead atoms. The third kappa shape index (κ3) is 1.40. The molecule has 3 saturated carbocycles. The van der Waals surface area contributed by atoms with E-state index in [2.05, 4.69) is 5.32 Å². The van der Waals surface area contributed by atoms with Gasteiger partial charge in [0.2, 0.25) is 5.91 Å². The molecule has 3 rings (SSSR count). The molecule has 84 valence electrons. The van der Waals surface area contributed by atoms with E-state index in [1.165, 1.54) is 32.1 Å². The summed E-state index contributed by atoms with van der Waals surface area (Å²) < 4.78 is 0. The van der Waals surface area contributed by atoms with Crippen LogP contribution in [0, 0.1) is 23.7 Å². The number of nitrogens with two attached hydrogens (primary N) is 1. The summed E-state index contributed by atoms with van der Waals surface area (Å²) in [5, 5.41) is 3.11. The Bertz CT molecular complexity index is 279. The number of amides is 1. The number of hydrogen-bond donors (Lipinski definition) is 2. The van der Waals surface area contributed by atoms with Gasteiger partial charge in [-0.05, 0) is 49.4 Å². The molecule has 0 aromatic carbocycles. The van der Waals surface area contributed by atoms with Crippen molar-refractivity contribution >= 4 is 5.91 Å². The van der Waals surface area contributed by atoms with E-state index >= 15 is 0 Å². The van der Waals surface area contributed by atoms with Crippen molar-refractivity contribution < 1.29 is 4.79 Å².